The van der Waals surface area contributed by atoms with Gasteiger partial charge >= 0.3 is 0 Å². The number of piperidine rings is 1. The molecule has 1 aliphatic rings. The molecule has 1 aliphatic heterocycles. The number of anilines is 1. The maximum atomic E-state index is 12.6. The van der Waals surface area contributed by atoms with Gasteiger partial charge in [-0.15, -0.1) is 12.4 Å². The number of benzene rings is 1. The highest BCUT2D eigenvalue weighted by atomic mass is 35.5. The zero-order chi connectivity index (χ0) is 13.3. The molecule has 2 N–H and O–H groups in total. The predicted octanol–water partition coefficient (Wildman–Crippen LogP) is 3.75. The Morgan fingerprint density at radius 3 is 2.42 bits per heavy atom. The summed E-state index contributed by atoms with van der Waals surface area (Å²) < 4.78 is 0. The summed E-state index contributed by atoms with van der Waals surface area (Å²) in [6.07, 6.45) is 3.30. The Hall–Kier alpha value is -0.930. The number of hydrogen-bond donors (Lipinski definition) is 1. The summed E-state index contributed by atoms with van der Waals surface area (Å²) in [6.45, 7) is 4.19. The summed E-state index contributed by atoms with van der Waals surface area (Å²) in [6, 6.07) is 5.62. The fourth-order valence-corrected chi connectivity index (χ4v) is 2.94. The lowest BCUT2D eigenvalue weighted by Crippen LogP contribution is -2.47. The first-order valence-corrected chi connectivity index (χ1v) is 6.76. The average Bonchev–Trinajstić information content (AvgIpc) is 2.28. The highest BCUT2D eigenvalue weighted by Crippen LogP contribution is 2.27. The number of nitrogens with zero attached hydrogens (tertiary/aromatic N) is 1. The zero-order valence-corrected chi connectivity index (χ0v) is 12.8. The Morgan fingerprint density at radius 1 is 1.32 bits per heavy atom. The molecule has 19 heavy (non-hydrogen) atoms. The fourth-order valence-electron chi connectivity index (χ4n) is 2.67. The largest absolute Gasteiger partial charge is 0.399 e. The molecule has 3 nitrogen and oxygen atoms in total. The van der Waals surface area contributed by atoms with Gasteiger partial charge in [-0.3, -0.25) is 4.79 Å². The van der Waals surface area contributed by atoms with E-state index in [9.17, 15) is 4.79 Å². The van der Waals surface area contributed by atoms with Gasteiger partial charge < -0.3 is 10.6 Å². The minimum absolute atomic E-state index is 0. The van der Waals surface area contributed by atoms with E-state index in [1.807, 2.05) is 4.90 Å². The molecule has 5 heteroatoms. The molecule has 0 bridgehead atoms. The van der Waals surface area contributed by atoms with Crippen molar-refractivity contribution in [1.29, 1.82) is 0 Å². The van der Waals surface area contributed by atoms with Gasteiger partial charge in [-0.1, -0.05) is 11.6 Å². The maximum absolute atomic E-state index is 12.6. The minimum atomic E-state index is 0. The van der Waals surface area contributed by atoms with E-state index in [2.05, 4.69) is 13.8 Å². The van der Waals surface area contributed by atoms with Gasteiger partial charge in [0.2, 0.25) is 0 Å². The zero-order valence-electron chi connectivity index (χ0n) is 11.2. The van der Waals surface area contributed by atoms with Gasteiger partial charge in [0.25, 0.3) is 5.91 Å². The fraction of sp³-hybridized carbons (Fsp3) is 0.500. The molecule has 1 aromatic rings. The molecule has 106 valence electrons. The summed E-state index contributed by atoms with van der Waals surface area (Å²) in [5, 5.41) is 0.435. The second kappa shape index (κ2) is 6.49. The smallest absolute Gasteiger partial charge is 0.255 e. The Morgan fingerprint density at radius 2 is 1.89 bits per heavy atom. The maximum Gasteiger partial charge on any atom is 0.255 e. The third kappa shape index (κ3) is 3.34. The molecule has 0 spiro atoms. The number of hydrogen-bond acceptors (Lipinski definition) is 2. The first kappa shape index (κ1) is 16.1. The number of nitrogens with two attached hydrogens (primary N) is 1. The topological polar surface area (TPSA) is 46.3 Å². The van der Waals surface area contributed by atoms with Gasteiger partial charge in [0, 0.05) is 17.8 Å². The van der Waals surface area contributed by atoms with Crippen molar-refractivity contribution in [3.8, 4) is 0 Å². The first-order valence-electron chi connectivity index (χ1n) is 6.38. The molecular weight excluding hydrogens is 283 g/mol. The Bertz CT molecular complexity index is 455. The van der Waals surface area contributed by atoms with Crippen LogP contribution in [0.4, 0.5) is 5.69 Å². The van der Waals surface area contributed by atoms with Crippen molar-refractivity contribution in [2.45, 2.75) is 45.2 Å². The van der Waals surface area contributed by atoms with Gasteiger partial charge in [0.15, 0.2) is 0 Å². The number of likely N-dealkylation sites (tertiary alicyclic amines) is 1. The van der Waals surface area contributed by atoms with E-state index in [4.69, 9.17) is 17.3 Å². The molecule has 2 atom stereocenters. The van der Waals surface area contributed by atoms with Crippen molar-refractivity contribution in [2.75, 3.05) is 5.73 Å². The molecule has 1 saturated heterocycles. The van der Waals surface area contributed by atoms with Crippen LogP contribution in [-0.4, -0.2) is 22.9 Å². The molecule has 1 fully saturated rings. The van der Waals surface area contributed by atoms with E-state index in [0.29, 0.717) is 16.3 Å². The minimum Gasteiger partial charge on any atom is -0.399 e. The van der Waals surface area contributed by atoms with Gasteiger partial charge in [-0.2, -0.15) is 0 Å². The number of nitrogen functional groups attached to an aromatic ring is 1. The monoisotopic (exact) mass is 302 g/mol. The number of rotatable bonds is 1. The van der Waals surface area contributed by atoms with Gasteiger partial charge in [0.05, 0.1) is 10.6 Å². The predicted molar refractivity (Wildman–Crippen MR) is 82.1 cm³/mol. The number of amides is 1. The number of carbonyl (C=O) groups is 1. The second-order valence-corrected chi connectivity index (χ2v) is 5.49. The van der Waals surface area contributed by atoms with Gasteiger partial charge in [-0.05, 0) is 51.3 Å². The Balaban J connectivity index is 0.00000180. The van der Waals surface area contributed by atoms with Crippen LogP contribution in [0.1, 0.15) is 43.5 Å². The first-order chi connectivity index (χ1) is 8.50. The van der Waals surface area contributed by atoms with E-state index in [1.54, 1.807) is 18.2 Å². The summed E-state index contributed by atoms with van der Waals surface area (Å²) in [7, 11) is 0. The van der Waals surface area contributed by atoms with Crippen molar-refractivity contribution in [1.82, 2.24) is 4.90 Å². The van der Waals surface area contributed by atoms with Crippen LogP contribution >= 0.6 is 24.0 Å². The summed E-state index contributed by atoms with van der Waals surface area (Å²) >= 11 is 6.11. The second-order valence-electron chi connectivity index (χ2n) is 5.08. The van der Waals surface area contributed by atoms with Crippen molar-refractivity contribution >= 4 is 35.6 Å². The normalized spacial score (nSPS) is 22.8. The molecule has 0 saturated carbocycles. The molecular formula is C14H20Cl2N2O. The SMILES string of the molecule is CC1CCCC(C)N1C(=O)c1ccc(N)cc1Cl.Cl. The van der Waals surface area contributed by atoms with Crippen molar-refractivity contribution in [3.63, 3.8) is 0 Å². The molecule has 1 aromatic carbocycles. The molecule has 0 radical (unpaired) electrons. The van der Waals surface area contributed by atoms with Crippen LogP contribution in [0.25, 0.3) is 0 Å². The quantitative estimate of drug-likeness (QED) is 0.803. The van der Waals surface area contributed by atoms with Crippen LogP contribution in [0.3, 0.4) is 0 Å². The van der Waals surface area contributed by atoms with Crippen molar-refractivity contribution < 1.29 is 4.79 Å². The average molecular weight is 303 g/mol. The molecule has 0 aliphatic carbocycles. The van der Waals surface area contributed by atoms with Crippen molar-refractivity contribution in [3.05, 3.63) is 28.8 Å². The summed E-state index contributed by atoms with van der Waals surface area (Å²) in [5.74, 6) is 0.0136. The summed E-state index contributed by atoms with van der Waals surface area (Å²) in [4.78, 5) is 14.5. The van der Waals surface area contributed by atoms with E-state index >= 15 is 0 Å². The van der Waals surface area contributed by atoms with Crippen LogP contribution in [0.15, 0.2) is 18.2 Å². The molecule has 0 aromatic heterocycles. The van der Waals surface area contributed by atoms with Gasteiger partial charge in [0.1, 0.15) is 0 Å². The summed E-state index contributed by atoms with van der Waals surface area (Å²) in [5.41, 5.74) is 6.78. The highest BCUT2D eigenvalue weighted by molar-refractivity contribution is 6.34. The van der Waals surface area contributed by atoms with Crippen molar-refractivity contribution in [2.24, 2.45) is 0 Å². The lowest BCUT2D eigenvalue weighted by atomic mass is 9.96. The molecule has 1 heterocycles. The van der Waals surface area contributed by atoms with Crippen LogP contribution in [0.5, 0.6) is 0 Å². The lowest BCUT2D eigenvalue weighted by Gasteiger charge is -2.39. The van der Waals surface area contributed by atoms with E-state index in [-0.39, 0.29) is 30.4 Å². The molecule has 2 rings (SSSR count). The third-order valence-electron chi connectivity index (χ3n) is 3.65. The standard InChI is InChI=1S/C14H19ClN2O.ClH/c1-9-4-3-5-10(2)17(9)14(18)12-7-6-11(16)8-13(12)15;/h6-10H,3-5,16H2,1-2H3;1H. The lowest BCUT2D eigenvalue weighted by molar-refractivity contribution is 0.0511. The van der Waals surface area contributed by atoms with Gasteiger partial charge in [-0.25, -0.2) is 0 Å². The van der Waals surface area contributed by atoms with E-state index < -0.39 is 0 Å². The van der Waals surface area contributed by atoms with E-state index in [1.165, 1.54) is 6.42 Å². The number of carbonyl (C=O) groups excluding carboxylic acids is 1. The third-order valence-corrected chi connectivity index (χ3v) is 3.96. The van der Waals surface area contributed by atoms with Crippen LogP contribution in [0, 0.1) is 0 Å². The van der Waals surface area contributed by atoms with Crippen LogP contribution in [-0.2, 0) is 0 Å². The highest BCUT2D eigenvalue weighted by Gasteiger charge is 2.30. The number of halogens is 2. The Labute approximate surface area is 125 Å². The van der Waals surface area contributed by atoms with Crippen LogP contribution < -0.4 is 5.73 Å². The van der Waals surface area contributed by atoms with Crippen LogP contribution in [0.2, 0.25) is 5.02 Å². The molecule has 1 amide bonds. The molecule has 2 unspecified atom stereocenters. The van der Waals surface area contributed by atoms with E-state index in [0.717, 1.165) is 12.8 Å². The Kier molecular flexibility index (Phi) is 5.50.